The number of aryl methyl sites for hydroxylation is 1. The van der Waals surface area contributed by atoms with E-state index in [-0.39, 0.29) is 25.5 Å². The van der Waals surface area contributed by atoms with E-state index < -0.39 is 17.9 Å². The lowest BCUT2D eigenvalue weighted by Gasteiger charge is -2.21. The topological polar surface area (TPSA) is 114 Å². The summed E-state index contributed by atoms with van der Waals surface area (Å²) in [5.74, 6) is -0.0772. The number of nitrogens with zero attached hydrogens (tertiary/aromatic N) is 2. The number of esters is 1. The van der Waals surface area contributed by atoms with Crippen molar-refractivity contribution in [1.82, 2.24) is 15.4 Å². The van der Waals surface area contributed by atoms with Crippen LogP contribution in [-0.2, 0) is 14.3 Å². The third-order valence-electron chi connectivity index (χ3n) is 2.70. The molecule has 0 aliphatic carbocycles. The summed E-state index contributed by atoms with van der Waals surface area (Å²) in [5.41, 5.74) is 0. The van der Waals surface area contributed by atoms with Crippen LogP contribution in [0.4, 0.5) is 10.6 Å². The molecule has 23 heavy (non-hydrogen) atoms. The van der Waals surface area contributed by atoms with Crippen molar-refractivity contribution in [3.63, 3.8) is 0 Å². The van der Waals surface area contributed by atoms with Crippen LogP contribution in [0.3, 0.4) is 0 Å². The summed E-state index contributed by atoms with van der Waals surface area (Å²) < 4.78 is 9.57. The largest absolute Gasteiger partial charge is 0.465 e. The van der Waals surface area contributed by atoms with E-state index in [1.807, 2.05) is 6.92 Å². The summed E-state index contributed by atoms with van der Waals surface area (Å²) in [6.07, 6.45) is 0.670. The molecule has 3 amide bonds. The van der Waals surface area contributed by atoms with Crippen molar-refractivity contribution in [2.45, 2.75) is 27.2 Å². The number of rotatable bonds is 8. The van der Waals surface area contributed by atoms with Crippen molar-refractivity contribution in [3.8, 4) is 0 Å². The minimum absolute atomic E-state index is 0.158. The average Bonchev–Trinajstić information content (AvgIpc) is 2.89. The standard InChI is InChI=1S/C14H22N4O5/c1-4-6-18(14(21)15-8-13(20)22-5-2)9-12(19)16-11-7-10(3)23-17-11/h7H,4-6,8-9H2,1-3H3,(H,15,21)(H,16,17,19). The highest BCUT2D eigenvalue weighted by Gasteiger charge is 2.18. The molecule has 0 aliphatic heterocycles. The number of anilines is 1. The summed E-state index contributed by atoms with van der Waals surface area (Å²) in [5, 5.41) is 8.61. The van der Waals surface area contributed by atoms with E-state index in [4.69, 9.17) is 9.26 Å². The number of urea groups is 1. The predicted octanol–water partition coefficient (Wildman–Crippen LogP) is 0.906. The molecule has 1 aromatic rings. The zero-order valence-corrected chi connectivity index (χ0v) is 13.5. The van der Waals surface area contributed by atoms with Crippen molar-refractivity contribution in [2.75, 3.05) is 31.6 Å². The lowest BCUT2D eigenvalue weighted by atomic mass is 10.4. The van der Waals surface area contributed by atoms with Crippen LogP contribution in [-0.4, -0.2) is 54.2 Å². The first-order chi connectivity index (χ1) is 11.0. The van der Waals surface area contributed by atoms with Gasteiger partial charge in [0.25, 0.3) is 0 Å². The van der Waals surface area contributed by atoms with Crippen LogP contribution in [0.5, 0.6) is 0 Å². The molecule has 1 rings (SSSR count). The lowest BCUT2D eigenvalue weighted by Crippen LogP contribution is -2.46. The number of ether oxygens (including phenoxy) is 1. The summed E-state index contributed by atoms with van der Waals surface area (Å²) in [6.45, 7) is 5.48. The van der Waals surface area contributed by atoms with Gasteiger partial charge in [0.05, 0.1) is 6.61 Å². The monoisotopic (exact) mass is 326 g/mol. The normalized spacial score (nSPS) is 10.0. The maximum atomic E-state index is 12.0. The Morgan fingerprint density at radius 2 is 2.09 bits per heavy atom. The molecule has 9 nitrogen and oxygen atoms in total. The van der Waals surface area contributed by atoms with E-state index in [1.165, 1.54) is 4.90 Å². The van der Waals surface area contributed by atoms with Gasteiger partial charge < -0.3 is 24.8 Å². The first-order valence-electron chi connectivity index (χ1n) is 7.37. The Bertz CT molecular complexity index is 543. The van der Waals surface area contributed by atoms with Gasteiger partial charge in [-0.15, -0.1) is 0 Å². The molecule has 9 heteroatoms. The molecule has 2 N–H and O–H groups in total. The molecule has 0 atom stereocenters. The Kier molecular flexibility index (Phi) is 7.58. The third kappa shape index (κ3) is 6.81. The van der Waals surface area contributed by atoms with E-state index in [0.29, 0.717) is 18.7 Å². The molecule has 1 aromatic heterocycles. The molecule has 0 unspecified atom stereocenters. The number of amides is 3. The molecule has 0 radical (unpaired) electrons. The fourth-order valence-corrected chi connectivity index (χ4v) is 1.77. The molecule has 1 heterocycles. The first kappa shape index (κ1) is 18.5. The van der Waals surface area contributed by atoms with E-state index in [9.17, 15) is 14.4 Å². The zero-order chi connectivity index (χ0) is 17.2. The second-order valence-corrected chi connectivity index (χ2v) is 4.76. The van der Waals surface area contributed by atoms with Gasteiger partial charge in [-0.05, 0) is 20.3 Å². The molecule has 0 spiro atoms. The molecule has 0 aliphatic rings. The van der Waals surface area contributed by atoms with Gasteiger partial charge >= 0.3 is 12.0 Å². The van der Waals surface area contributed by atoms with Gasteiger partial charge in [-0.25, -0.2) is 4.79 Å². The summed E-state index contributed by atoms with van der Waals surface area (Å²) in [4.78, 5) is 36.5. The molecule has 0 bridgehead atoms. The van der Waals surface area contributed by atoms with Crippen LogP contribution >= 0.6 is 0 Å². The van der Waals surface area contributed by atoms with Crippen LogP contribution in [0.2, 0.25) is 0 Å². The van der Waals surface area contributed by atoms with Crippen LogP contribution in [0.1, 0.15) is 26.0 Å². The lowest BCUT2D eigenvalue weighted by molar-refractivity contribution is -0.141. The Hall–Kier alpha value is -2.58. The number of hydrogen-bond donors (Lipinski definition) is 2. The fourth-order valence-electron chi connectivity index (χ4n) is 1.77. The molecule has 0 fully saturated rings. The van der Waals surface area contributed by atoms with Gasteiger partial charge in [-0.1, -0.05) is 12.1 Å². The smallest absolute Gasteiger partial charge is 0.325 e. The fraction of sp³-hybridized carbons (Fsp3) is 0.571. The second kappa shape index (κ2) is 9.44. The summed E-state index contributed by atoms with van der Waals surface area (Å²) in [6, 6.07) is 1.06. The average molecular weight is 326 g/mol. The minimum Gasteiger partial charge on any atom is -0.465 e. The maximum Gasteiger partial charge on any atom is 0.325 e. The highest BCUT2D eigenvalue weighted by molar-refractivity contribution is 5.93. The Morgan fingerprint density at radius 1 is 1.35 bits per heavy atom. The molecule has 0 saturated heterocycles. The Labute approximate surface area is 134 Å². The maximum absolute atomic E-state index is 12.0. The first-order valence-corrected chi connectivity index (χ1v) is 7.37. The molecular formula is C14H22N4O5. The van der Waals surface area contributed by atoms with Crippen molar-refractivity contribution < 1.29 is 23.6 Å². The molecule has 0 aromatic carbocycles. The van der Waals surface area contributed by atoms with Gasteiger partial charge in [0, 0.05) is 12.6 Å². The van der Waals surface area contributed by atoms with Crippen LogP contribution < -0.4 is 10.6 Å². The molecule has 128 valence electrons. The minimum atomic E-state index is -0.528. The summed E-state index contributed by atoms with van der Waals surface area (Å²) >= 11 is 0. The van der Waals surface area contributed by atoms with Gasteiger partial charge in [-0.3, -0.25) is 9.59 Å². The van der Waals surface area contributed by atoms with Gasteiger partial charge in [-0.2, -0.15) is 0 Å². The van der Waals surface area contributed by atoms with Crippen molar-refractivity contribution in [2.24, 2.45) is 0 Å². The molecular weight excluding hydrogens is 304 g/mol. The zero-order valence-electron chi connectivity index (χ0n) is 13.5. The number of hydrogen-bond acceptors (Lipinski definition) is 6. The van der Waals surface area contributed by atoms with E-state index in [0.717, 1.165) is 0 Å². The van der Waals surface area contributed by atoms with Crippen molar-refractivity contribution >= 4 is 23.7 Å². The van der Waals surface area contributed by atoms with Gasteiger partial charge in [0.15, 0.2) is 5.82 Å². The van der Waals surface area contributed by atoms with Crippen LogP contribution in [0.25, 0.3) is 0 Å². The highest BCUT2D eigenvalue weighted by atomic mass is 16.5. The van der Waals surface area contributed by atoms with Crippen LogP contribution in [0.15, 0.2) is 10.6 Å². The quantitative estimate of drug-likeness (QED) is 0.686. The number of aromatic nitrogens is 1. The van der Waals surface area contributed by atoms with E-state index in [2.05, 4.69) is 15.8 Å². The SMILES string of the molecule is CCCN(CC(=O)Nc1cc(C)on1)C(=O)NCC(=O)OCC. The number of carbonyl (C=O) groups is 3. The number of nitrogens with one attached hydrogen (secondary N) is 2. The van der Waals surface area contributed by atoms with Gasteiger partial charge in [0.2, 0.25) is 5.91 Å². The Balaban J connectivity index is 2.50. The predicted molar refractivity (Wildman–Crippen MR) is 81.8 cm³/mol. The van der Waals surface area contributed by atoms with Crippen molar-refractivity contribution in [3.05, 3.63) is 11.8 Å². The van der Waals surface area contributed by atoms with Crippen molar-refractivity contribution in [1.29, 1.82) is 0 Å². The van der Waals surface area contributed by atoms with Gasteiger partial charge in [0.1, 0.15) is 18.8 Å². The van der Waals surface area contributed by atoms with E-state index in [1.54, 1.807) is 19.9 Å². The van der Waals surface area contributed by atoms with E-state index >= 15 is 0 Å². The third-order valence-corrected chi connectivity index (χ3v) is 2.70. The summed E-state index contributed by atoms with van der Waals surface area (Å²) in [7, 11) is 0. The highest BCUT2D eigenvalue weighted by Crippen LogP contribution is 2.07. The molecule has 0 saturated carbocycles. The second-order valence-electron chi connectivity index (χ2n) is 4.76. The Morgan fingerprint density at radius 3 is 2.65 bits per heavy atom. The number of carbonyl (C=O) groups excluding carboxylic acids is 3. The van der Waals surface area contributed by atoms with Crippen LogP contribution in [0, 0.1) is 6.92 Å².